The van der Waals surface area contributed by atoms with Gasteiger partial charge in [-0.3, -0.25) is 4.79 Å². The number of hydrogen-bond donors (Lipinski definition) is 1. The van der Waals surface area contributed by atoms with Crippen LogP contribution in [0.25, 0.3) is 22.0 Å². The monoisotopic (exact) mass is 249 g/mol. The van der Waals surface area contributed by atoms with Crippen LogP contribution in [0.4, 0.5) is 0 Å². The van der Waals surface area contributed by atoms with Gasteiger partial charge >= 0.3 is 0 Å². The van der Waals surface area contributed by atoms with Crippen LogP contribution in [0.1, 0.15) is 11.1 Å². The van der Waals surface area contributed by atoms with Gasteiger partial charge in [0.1, 0.15) is 0 Å². The molecule has 0 unspecified atom stereocenters. The highest BCUT2D eigenvalue weighted by atomic mass is 16.1. The van der Waals surface area contributed by atoms with Gasteiger partial charge in [0.15, 0.2) is 0 Å². The number of benzene rings is 2. The number of nitrogens with one attached hydrogen (secondary N) is 1. The lowest BCUT2D eigenvalue weighted by atomic mass is 10.0. The average Bonchev–Trinajstić information content (AvgIpc) is 2.40. The zero-order valence-electron chi connectivity index (χ0n) is 11.0. The minimum absolute atomic E-state index is 0.0364. The van der Waals surface area contributed by atoms with E-state index in [0.717, 1.165) is 27.6 Å². The second-order valence-corrected chi connectivity index (χ2v) is 4.92. The van der Waals surface area contributed by atoms with Crippen LogP contribution in [-0.2, 0) is 0 Å². The van der Waals surface area contributed by atoms with Crippen molar-refractivity contribution in [1.29, 1.82) is 0 Å². The highest BCUT2D eigenvalue weighted by Gasteiger charge is 2.06. The Morgan fingerprint density at radius 1 is 0.947 bits per heavy atom. The summed E-state index contributed by atoms with van der Waals surface area (Å²) in [4.78, 5) is 15.2. The average molecular weight is 249 g/mol. The molecule has 3 aromatic rings. The van der Waals surface area contributed by atoms with Gasteiger partial charge < -0.3 is 4.98 Å². The van der Waals surface area contributed by atoms with Crippen LogP contribution in [0, 0.1) is 13.8 Å². The summed E-state index contributed by atoms with van der Waals surface area (Å²) in [5, 5.41) is 1.06. The standard InChI is InChI=1S/C17H15NO/c1-11-6-8-13(9-7-11)15-10-14-5-3-4-12(2)16(14)18-17(15)19/h3-10H,1-2H3,(H,18,19). The molecule has 0 bridgehead atoms. The molecule has 2 heteroatoms. The van der Waals surface area contributed by atoms with E-state index in [1.807, 2.05) is 62.4 Å². The molecule has 0 fully saturated rings. The Morgan fingerprint density at radius 2 is 1.68 bits per heavy atom. The van der Waals surface area contributed by atoms with Crippen LogP contribution in [0.15, 0.2) is 53.3 Å². The Labute approximate surface area is 111 Å². The van der Waals surface area contributed by atoms with Crippen molar-refractivity contribution in [3.63, 3.8) is 0 Å². The van der Waals surface area contributed by atoms with E-state index >= 15 is 0 Å². The quantitative estimate of drug-likeness (QED) is 0.699. The number of aromatic amines is 1. The number of aryl methyl sites for hydroxylation is 2. The molecule has 0 aliphatic carbocycles. The van der Waals surface area contributed by atoms with Gasteiger partial charge in [-0.2, -0.15) is 0 Å². The van der Waals surface area contributed by atoms with Crippen molar-refractivity contribution in [1.82, 2.24) is 4.98 Å². The molecule has 1 aromatic heterocycles. The Balaban J connectivity index is 2.28. The number of para-hydroxylation sites is 1. The number of fused-ring (bicyclic) bond motifs is 1. The van der Waals surface area contributed by atoms with Crippen LogP contribution >= 0.6 is 0 Å². The fraction of sp³-hybridized carbons (Fsp3) is 0.118. The summed E-state index contributed by atoms with van der Waals surface area (Å²) in [6, 6.07) is 16.0. The summed E-state index contributed by atoms with van der Waals surface area (Å²) in [7, 11) is 0. The number of aromatic nitrogens is 1. The first kappa shape index (κ1) is 11.7. The Hall–Kier alpha value is -2.35. The summed E-state index contributed by atoms with van der Waals surface area (Å²) in [6.45, 7) is 4.04. The summed E-state index contributed by atoms with van der Waals surface area (Å²) in [6.07, 6.45) is 0. The Kier molecular flexibility index (Phi) is 2.71. The van der Waals surface area contributed by atoms with Crippen molar-refractivity contribution in [3.8, 4) is 11.1 Å². The number of hydrogen-bond acceptors (Lipinski definition) is 1. The molecular weight excluding hydrogens is 234 g/mol. The minimum Gasteiger partial charge on any atom is -0.321 e. The molecule has 2 nitrogen and oxygen atoms in total. The first-order valence-corrected chi connectivity index (χ1v) is 6.35. The van der Waals surface area contributed by atoms with Crippen LogP contribution in [0.5, 0.6) is 0 Å². The molecule has 0 amide bonds. The fourth-order valence-corrected chi connectivity index (χ4v) is 2.33. The summed E-state index contributed by atoms with van der Waals surface area (Å²) >= 11 is 0. The van der Waals surface area contributed by atoms with E-state index in [9.17, 15) is 4.79 Å². The molecule has 1 heterocycles. The Morgan fingerprint density at radius 3 is 2.42 bits per heavy atom. The molecule has 1 N–H and O–H groups in total. The van der Waals surface area contributed by atoms with Crippen molar-refractivity contribution in [2.45, 2.75) is 13.8 Å². The van der Waals surface area contributed by atoms with Gasteiger partial charge in [0.05, 0.1) is 5.52 Å². The van der Waals surface area contributed by atoms with E-state index in [-0.39, 0.29) is 5.56 Å². The van der Waals surface area contributed by atoms with Gasteiger partial charge in [0, 0.05) is 5.56 Å². The van der Waals surface area contributed by atoms with E-state index in [4.69, 9.17) is 0 Å². The molecule has 0 radical (unpaired) electrons. The van der Waals surface area contributed by atoms with Gasteiger partial charge in [0.25, 0.3) is 5.56 Å². The lowest BCUT2D eigenvalue weighted by molar-refractivity contribution is 1.28. The SMILES string of the molecule is Cc1ccc(-c2cc3cccc(C)c3[nH]c2=O)cc1. The van der Waals surface area contributed by atoms with Gasteiger partial charge in [0.2, 0.25) is 0 Å². The topological polar surface area (TPSA) is 32.9 Å². The van der Waals surface area contributed by atoms with Crippen molar-refractivity contribution in [3.05, 3.63) is 70.0 Å². The zero-order chi connectivity index (χ0) is 13.4. The molecule has 0 spiro atoms. The Bertz CT molecular complexity index is 798. The molecule has 0 aliphatic heterocycles. The van der Waals surface area contributed by atoms with Crippen LogP contribution in [0.2, 0.25) is 0 Å². The molecule has 2 aromatic carbocycles. The number of H-pyrrole nitrogens is 1. The maximum absolute atomic E-state index is 12.2. The van der Waals surface area contributed by atoms with Gasteiger partial charge in [-0.15, -0.1) is 0 Å². The van der Waals surface area contributed by atoms with Crippen molar-refractivity contribution >= 4 is 10.9 Å². The van der Waals surface area contributed by atoms with Crippen molar-refractivity contribution in [2.24, 2.45) is 0 Å². The molecule has 0 saturated carbocycles. The highest BCUT2D eigenvalue weighted by Crippen LogP contribution is 2.21. The van der Waals surface area contributed by atoms with E-state index in [2.05, 4.69) is 4.98 Å². The maximum Gasteiger partial charge on any atom is 0.256 e. The van der Waals surface area contributed by atoms with Crippen LogP contribution in [-0.4, -0.2) is 4.98 Å². The lowest BCUT2D eigenvalue weighted by Gasteiger charge is -2.06. The largest absolute Gasteiger partial charge is 0.321 e. The number of rotatable bonds is 1. The van der Waals surface area contributed by atoms with Crippen LogP contribution in [0.3, 0.4) is 0 Å². The molecule has 0 atom stereocenters. The molecular formula is C17H15NO. The molecule has 0 aliphatic rings. The third-order valence-electron chi connectivity index (χ3n) is 3.45. The fourth-order valence-electron chi connectivity index (χ4n) is 2.33. The lowest BCUT2D eigenvalue weighted by Crippen LogP contribution is -2.09. The van der Waals surface area contributed by atoms with Crippen molar-refractivity contribution < 1.29 is 0 Å². The van der Waals surface area contributed by atoms with Gasteiger partial charge in [-0.25, -0.2) is 0 Å². The first-order chi connectivity index (χ1) is 9.15. The van der Waals surface area contributed by atoms with E-state index < -0.39 is 0 Å². The van der Waals surface area contributed by atoms with E-state index in [1.165, 1.54) is 5.56 Å². The van der Waals surface area contributed by atoms with Gasteiger partial charge in [-0.1, -0.05) is 48.0 Å². The van der Waals surface area contributed by atoms with Crippen LogP contribution < -0.4 is 5.56 Å². The minimum atomic E-state index is -0.0364. The van der Waals surface area contributed by atoms with E-state index in [1.54, 1.807) is 0 Å². The smallest absolute Gasteiger partial charge is 0.256 e. The zero-order valence-corrected chi connectivity index (χ0v) is 11.0. The second kappa shape index (κ2) is 4.39. The van der Waals surface area contributed by atoms with E-state index in [0.29, 0.717) is 0 Å². The second-order valence-electron chi connectivity index (χ2n) is 4.92. The molecule has 3 rings (SSSR count). The van der Waals surface area contributed by atoms with Crippen molar-refractivity contribution in [2.75, 3.05) is 0 Å². The summed E-state index contributed by atoms with van der Waals surface area (Å²) in [5.74, 6) is 0. The summed E-state index contributed by atoms with van der Waals surface area (Å²) < 4.78 is 0. The third-order valence-corrected chi connectivity index (χ3v) is 3.45. The maximum atomic E-state index is 12.2. The normalized spacial score (nSPS) is 10.8. The molecule has 94 valence electrons. The van der Waals surface area contributed by atoms with Gasteiger partial charge in [-0.05, 0) is 36.4 Å². The predicted molar refractivity (Wildman–Crippen MR) is 79.5 cm³/mol. The first-order valence-electron chi connectivity index (χ1n) is 6.35. The highest BCUT2D eigenvalue weighted by molar-refractivity contribution is 5.85. The third kappa shape index (κ3) is 2.06. The number of pyridine rings is 1. The predicted octanol–water partition coefficient (Wildman–Crippen LogP) is 3.81. The summed E-state index contributed by atoms with van der Waals surface area (Å²) in [5.41, 5.74) is 4.84. The molecule has 19 heavy (non-hydrogen) atoms. The molecule has 0 saturated heterocycles.